The average Bonchev–Trinajstić information content (AvgIpc) is 2.56. The molecule has 2 N–H and O–H groups in total. The monoisotopic (exact) mass is 258 g/mol. The van der Waals surface area contributed by atoms with Crippen molar-refractivity contribution in [2.24, 2.45) is 0 Å². The summed E-state index contributed by atoms with van der Waals surface area (Å²) >= 11 is 0. The van der Waals surface area contributed by atoms with Crippen LogP contribution in [0.1, 0.15) is 31.2 Å². The highest BCUT2D eigenvalue weighted by atomic mass is 19.4. The van der Waals surface area contributed by atoms with E-state index >= 15 is 0 Å². The standard InChI is InChI=1S/C13H17F3N2/c14-13(15,16)11-9-10(5-6-12(11)17)18-7-3-1-2-4-8-18/h5-6,9H,1-4,7-8,17H2. The number of halogens is 3. The molecule has 1 aromatic carbocycles. The molecule has 1 saturated heterocycles. The van der Waals surface area contributed by atoms with Crippen LogP contribution in [0.2, 0.25) is 0 Å². The van der Waals surface area contributed by atoms with E-state index in [1.807, 2.05) is 4.90 Å². The van der Waals surface area contributed by atoms with Crippen LogP contribution in [0.15, 0.2) is 18.2 Å². The van der Waals surface area contributed by atoms with Gasteiger partial charge in [-0.05, 0) is 31.0 Å². The SMILES string of the molecule is Nc1ccc(N2CCCCCC2)cc1C(F)(F)F. The van der Waals surface area contributed by atoms with Gasteiger partial charge in [-0.1, -0.05) is 12.8 Å². The Hall–Kier alpha value is -1.39. The van der Waals surface area contributed by atoms with Crippen LogP contribution < -0.4 is 10.6 Å². The van der Waals surface area contributed by atoms with Crippen molar-refractivity contribution >= 4 is 11.4 Å². The summed E-state index contributed by atoms with van der Waals surface area (Å²) in [4.78, 5) is 2.02. The minimum absolute atomic E-state index is 0.207. The van der Waals surface area contributed by atoms with Gasteiger partial charge in [0.25, 0.3) is 0 Å². The van der Waals surface area contributed by atoms with E-state index in [4.69, 9.17) is 5.73 Å². The number of anilines is 2. The number of hydrogen-bond acceptors (Lipinski definition) is 2. The molecule has 18 heavy (non-hydrogen) atoms. The van der Waals surface area contributed by atoms with Gasteiger partial charge in [0.15, 0.2) is 0 Å². The smallest absolute Gasteiger partial charge is 0.398 e. The zero-order valence-electron chi connectivity index (χ0n) is 10.1. The van der Waals surface area contributed by atoms with Gasteiger partial charge in [0.2, 0.25) is 0 Å². The fourth-order valence-corrected chi connectivity index (χ4v) is 2.32. The Morgan fingerprint density at radius 1 is 1.00 bits per heavy atom. The fraction of sp³-hybridized carbons (Fsp3) is 0.538. The predicted molar refractivity (Wildman–Crippen MR) is 66.5 cm³/mol. The molecule has 1 heterocycles. The van der Waals surface area contributed by atoms with E-state index in [1.165, 1.54) is 12.1 Å². The second-order valence-electron chi connectivity index (χ2n) is 4.67. The van der Waals surface area contributed by atoms with Crippen molar-refractivity contribution in [1.82, 2.24) is 0 Å². The molecule has 0 atom stereocenters. The second kappa shape index (κ2) is 5.08. The van der Waals surface area contributed by atoms with E-state index in [2.05, 4.69) is 0 Å². The van der Waals surface area contributed by atoms with E-state index < -0.39 is 11.7 Å². The first kappa shape index (κ1) is 13.1. The topological polar surface area (TPSA) is 29.3 Å². The third-order valence-corrected chi connectivity index (χ3v) is 3.31. The molecule has 1 fully saturated rings. The van der Waals surface area contributed by atoms with Crippen molar-refractivity contribution in [3.8, 4) is 0 Å². The Balaban J connectivity index is 2.28. The number of nitrogen functional groups attached to an aromatic ring is 1. The number of nitrogens with two attached hydrogens (primary N) is 1. The second-order valence-corrected chi connectivity index (χ2v) is 4.67. The molecule has 0 saturated carbocycles. The average molecular weight is 258 g/mol. The minimum Gasteiger partial charge on any atom is -0.398 e. The van der Waals surface area contributed by atoms with Crippen LogP contribution in [0.25, 0.3) is 0 Å². The van der Waals surface area contributed by atoms with Gasteiger partial charge < -0.3 is 10.6 Å². The fourth-order valence-electron chi connectivity index (χ4n) is 2.32. The van der Waals surface area contributed by atoms with E-state index in [0.717, 1.165) is 38.8 Å². The molecule has 5 heteroatoms. The summed E-state index contributed by atoms with van der Waals surface area (Å²) in [6.07, 6.45) is -0.0153. The summed E-state index contributed by atoms with van der Waals surface area (Å²) in [5.41, 5.74) is 5.08. The summed E-state index contributed by atoms with van der Waals surface area (Å²) in [5, 5.41) is 0. The first-order valence-corrected chi connectivity index (χ1v) is 6.20. The number of rotatable bonds is 1. The zero-order valence-corrected chi connectivity index (χ0v) is 10.1. The maximum absolute atomic E-state index is 12.8. The summed E-state index contributed by atoms with van der Waals surface area (Å²) in [6.45, 7) is 1.64. The van der Waals surface area contributed by atoms with Crippen molar-refractivity contribution in [2.75, 3.05) is 23.7 Å². The number of alkyl halides is 3. The maximum atomic E-state index is 12.8. The third kappa shape index (κ3) is 2.89. The maximum Gasteiger partial charge on any atom is 0.418 e. The van der Waals surface area contributed by atoms with Crippen LogP contribution in [-0.4, -0.2) is 13.1 Å². The van der Waals surface area contributed by atoms with Crippen LogP contribution >= 0.6 is 0 Å². The van der Waals surface area contributed by atoms with Crippen LogP contribution in [0.5, 0.6) is 0 Å². The molecule has 0 radical (unpaired) electrons. The third-order valence-electron chi connectivity index (χ3n) is 3.31. The van der Waals surface area contributed by atoms with Crippen molar-refractivity contribution in [3.63, 3.8) is 0 Å². The Kier molecular flexibility index (Phi) is 3.68. The van der Waals surface area contributed by atoms with Crippen molar-refractivity contribution in [1.29, 1.82) is 0 Å². The molecule has 0 spiro atoms. The van der Waals surface area contributed by atoms with Gasteiger partial charge in [0.1, 0.15) is 0 Å². The van der Waals surface area contributed by atoms with E-state index in [1.54, 1.807) is 6.07 Å². The van der Waals surface area contributed by atoms with Crippen LogP contribution in [0.3, 0.4) is 0 Å². The zero-order chi connectivity index (χ0) is 13.2. The highest BCUT2D eigenvalue weighted by Gasteiger charge is 2.33. The van der Waals surface area contributed by atoms with Crippen LogP contribution in [0, 0.1) is 0 Å². The summed E-state index contributed by atoms with van der Waals surface area (Å²) < 4.78 is 38.3. The summed E-state index contributed by atoms with van der Waals surface area (Å²) in [5.74, 6) is 0. The van der Waals surface area contributed by atoms with Gasteiger partial charge in [-0.2, -0.15) is 13.2 Å². The van der Waals surface area contributed by atoms with Gasteiger partial charge in [0, 0.05) is 24.5 Å². The van der Waals surface area contributed by atoms with E-state index in [9.17, 15) is 13.2 Å². The molecule has 1 aliphatic heterocycles. The molecule has 2 rings (SSSR count). The number of benzene rings is 1. The Morgan fingerprint density at radius 2 is 1.61 bits per heavy atom. The minimum atomic E-state index is -4.38. The molecule has 2 nitrogen and oxygen atoms in total. The van der Waals surface area contributed by atoms with Gasteiger partial charge in [-0.3, -0.25) is 0 Å². The van der Waals surface area contributed by atoms with Gasteiger partial charge >= 0.3 is 6.18 Å². The van der Waals surface area contributed by atoms with E-state index in [-0.39, 0.29) is 5.69 Å². The van der Waals surface area contributed by atoms with Gasteiger partial charge in [0.05, 0.1) is 5.56 Å². The van der Waals surface area contributed by atoms with Crippen LogP contribution in [-0.2, 0) is 6.18 Å². The van der Waals surface area contributed by atoms with Gasteiger partial charge in [-0.25, -0.2) is 0 Å². The first-order valence-electron chi connectivity index (χ1n) is 6.20. The molecule has 0 amide bonds. The van der Waals surface area contributed by atoms with Gasteiger partial charge in [-0.15, -0.1) is 0 Å². The molecule has 1 aliphatic rings. The molecular weight excluding hydrogens is 241 g/mol. The molecule has 100 valence electrons. The normalized spacial score (nSPS) is 17.6. The lowest BCUT2D eigenvalue weighted by Crippen LogP contribution is -2.24. The predicted octanol–water partition coefficient (Wildman–Crippen LogP) is 3.67. The lowest BCUT2D eigenvalue weighted by molar-refractivity contribution is -0.136. The highest BCUT2D eigenvalue weighted by Crippen LogP contribution is 2.36. The summed E-state index contributed by atoms with van der Waals surface area (Å²) in [7, 11) is 0. The quantitative estimate of drug-likeness (QED) is 0.779. The molecule has 0 aromatic heterocycles. The summed E-state index contributed by atoms with van der Waals surface area (Å²) in [6, 6.07) is 4.19. The molecule has 0 bridgehead atoms. The number of hydrogen-bond donors (Lipinski definition) is 1. The molecule has 0 unspecified atom stereocenters. The lowest BCUT2D eigenvalue weighted by atomic mass is 10.1. The Labute approximate surface area is 105 Å². The van der Waals surface area contributed by atoms with Crippen molar-refractivity contribution < 1.29 is 13.2 Å². The van der Waals surface area contributed by atoms with Crippen molar-refractivity contribution in [2.45, 2.75) is 31.9 Å². The van der Waals surface area contributed by atoms with Crippen LogP contribution in [0.4, 0.5) is 24.5 Å². The largest absolute Gasteiger partial charge is 0.418 e. The molecule has 0 aliphatic carbocycles. The highest BCUT2D eigenvalue weighted by molar-refractivity contribution is 5.59. The Bertz CT molecular complexity index is 407. The number of nitrogens with zero attached hydrogens (tertiary/aromatic N) is 1. The first-order chi connectivity index (χ1) is 8.48. The van der Waals surface area contributed by atoms with Crippen molar-refractivity contribution in [3.05, 3.63) is 23.8 Å². The molecular formula is C13H17F3N2. The molecule has 1 aromatic rings. The Morgan fingerprint density at radius 3 is 2.17 bits per heavy atom. The van der Waals surface area contributed by atoms with E-state index in [0.29, 0.717) is 5.69 Å². The lowest BCUT2D eigenvalue weighted by Gasteiger charge is -2.24.